The number of carbonyl (C=O) groups is 2. The van der Waals surface area contributed by atoms with Gasteiger partial charge >= 0.3 is 5.97 Å². The van der Waals surface area contributed by atoms with E-state index in [4.69, 9.17) is 14.8 Å². The number of carboxylic acid groups (broad SMARTS) is 1. The molecule has 2 aromatic heterocycles. The number of fused-ring (bicyclic) bond motifs is 1. The molecule has 2 N–H and O–H groups in total. The second-order valence-corrected chi connectivity index (χ2v) is 11.7. The third-order valence-corrected chi connectivity index (χ3v) is 8.82. The Morgan fingerprint density at radius 3 is 2.47 bits per heavy atom. The quantitative estimate of drug-likeness (QED) is 0.252. The van der Waals surface area contributed by atoms with Crippen LogP contribution in [0.5, 0.6) is 5.75 Å². The average Bonchev–Trinajstić information content (AvgIpc) is 3.65. The number of allylic oxidation sites excluding steroid dienone is 1. The summed E-state index contributed by atoms with van der Waals surface area (Å²) in [4.78, 5) is 44.8. The molecule has 0 saturated carbocycles. The van der Waals surface area contributed by atoms with Gasteiger partial charge in [0.05, 0.1) is 21.4 Å². The highest BCUT2D eigenvalue weighted by Gasteiger charge is 2.33. The normalized spacial score (nSPS) is 14.6. The first kappa shape index (κ1) is 28.1. The molecule has 0 bridgehead atoms. The summed E-state index contributed by atoms with van der Waals surface area (Å²) >= 11 is 2.74. The predicted molar refractivity (Wildman–Crippen MR) is 167 cm³/mol. The number of thiazole rings is 1. The second kappa shape index (κ2) is 12.0. The third kappa shape index (κ3) is 5.83. The number of hydrogen-bond donors (Lipinski definition) is 2. The molecule has 1 aliphatic heterocycles. The molecule has 0 saturated heterocycles. The lowest BCUT2D eigenvalue weighted by atomic mass is 10.0. The number of rotatable bonds is 8. The largest absolute Gasteiger partial charge is 0.488 e. The van der Waals surface area contributed by atoms with Gasteiger partial charge in [0.1, 0.15) is 18.4 Å². The van der Waals surface area contributed by atoms with Gasteiger partial charge in [-0.15, -0.1) is 11.3 Å². The highest BCUT2D eigenvalue weighted by atomic mass is 32.1. The molecule has 0 radical (unpaired) electrons. The number of anilines is 1. The molecule has 0 spiro atoms. The highest BCUT2D eigenvalue weighted by Crippen LogP contribution is 2.33. The van der Waals surface area contributed by atoms with Crippen molar-refractivity contribution in [3.8, 4) is 5.75 Å². The molecule has 0 aliphatic carbocycles. The average molecular weight is 608 g/mol. The van der Waals surface area contributed by atoms with Gasteiger partial charge in [0, 0.05) is 16.1 Å². The van der Waals surface area contributed by atoms with Gasteiger partial charge in [0.15, 0.2) is 4.80 Å². The van der Waals surface area contributed by atoms with E-state index < -0.39 is 12.0 Å². The van der Waals surface area contributed by atoms with Crippen LogP contribution in [0.15, 0.2) is 117 Å². The Balaban J connectivity index is 1.36. The maximum atomic E-state index is 14.0. The Morgan fingerprint density at radius 1 is 1.00 bits per heavy atom. The summed E-state index contributed by atoms with van der Waals surface area (Å²) in [6.45, 7) is 2.02. The SMILES string of the molecule is CC1=C(C(=O)Nc2ccccc2)[C@H](c2cccs2)n2c(s/c(=C\c3ccccc3OCc3ccc(C(=O)O)cc3)c2=O)=N1. The summed E-state index contributed by atoms with van der Waals surface area (Å²) in [5.74, 6) is -0.723. The topological polar surface area (TPSA) is 110 Å². The lowest BCUT2D eigenvalue weighted by Crippen LogP contribution is -2.40. The fourth-order valence-electron chi connectivity index (χ4n) is 4.82. The minimum atomic E-state index is -0.986. The van der Waals surface area contributed by atoms with Crippen LogP contribution in [0, 0.1) is 0 Å². The summed E-state index contributed by atoms with van der Waals surface area (Å²) in [7, 11) is 0. The first-order valence-electron chi connectivity index (χ1n) is 13.4. The summed E-state index contributed by atoms with van der Waals surface area (Å²) < 4.78 is 8.13. The van der Waals surface area contributed by atoms with Crippen LogP contribution in [0.2, 0.25) is 0 Å². The Hall–Kier alpha value is -5.06. The maximum Gasteiger partial charge on any atom is 0.335 e. The van der Waals surface area contributed by atoms with Crippen LogP contribution in [0.4, 0.5) is 5.69 Å². The lowest BCUT2D eigenvalue weighted by Gasteiger charge is -2.24. The number of carbonyl (C=O) groups excluding carboxylic acids is 1. The molecule has 214 valence electrons. The van der Waals surface area contributed by atoms with Crippen molar-refractivity contribution in [2.45, 2.75) is 19.6 Å². The van der Waals surface area contributed by atoms with Crippen LogP contribution < -0.4 is 24.9 Å². The smallest absolute Gasteiger partial charge is 0.335 e. The number of benzene rings is 3. The van der Waals surface area contributed by atoms with E-state index in [1.165, 1.54) is 34.8 Å². The number of aromatic carboxylic acids is 1. The molecule has 0 fully saturated rings. The summed E-state index contributed by atoms with van der Waals surface area (Å²) in [5, 5.41) is 14.0. The molecular weight excluding hydrogens is 583 g/mol. The second-order valence-electron chi connectivity index (χ2n) is 9.75. The number of nitrogens with one attached hydrogen (secondary N) is 1. The standard InChI is InChI=1S/C33H25N3O5S2/c1-20-28(30(37)35-24-9-3-2-4-10-24)29(26-12-7-17-42-26)36-31(38)27(43-33(36)34-20)18-23-8-5-6-11-25(23)41-19-21-13-15-22(16-14-21)32(39)40/h2-18,29H,19H2,1H3,(H,35,37)(H,39,40)/b27-18-/t29-/m0/s1. The van der Waals surface area contributed by atoms with E-state index in [0.717, 1.165) is 10.4 Å². The minimum absolute atomic E-state index is 0.205. The fourth-order valence-corrected chi connectivity index (χ4v) is 6.69. The molecule has 1 aliphatic rings. The van der Waals surface area contributed by atoms with Crippen LogP contribution in [-0.2, 0) is 11.4 Å². The van der Waals surface area contributed by atoms with Gasteiger partial charge in [-0.25, -0.2) is 9.79 Å². The Labute approximate surface area is 254 Å². The van der Waals surface area contributed by atoms with E-state index in [9.17, 15) is 14.4 Å². The zero-order valence-electron chi connectivity index (χ0n) is 22.9. The summed E-state index contributed by atoms with van der Waals surface area (Å²) in [5.41, 5.74) is 3.10. The van der Waals surface area contributed by atoms with Crippen molar-refractivity contribution in [3.05, 3.63) is 149 Å². The maximum absolute atomic E-state index is 14.0. The third-order valence-electron chi connectivity index (χ3n) is 6.91. The number of aromatic nitrogens is 1. The van der Waals surface area contributed by atoms with Gasteiger partial charge in [-0.2, -0.15) is 0 Å². The van der Waals surface area contributed by atoms with Crippen molar-refractivity contribution in [1.29, 1.82) is 0 Å². The van der Waals surface area contributed by atoms with Crippen LogP contribution >= 0.6 is 22.7 Å². The molecule has 1 amide bonds. The van der Waals surface area contributed by atoms with E-state index in [1.807, 2.05) is 72.1 Å². The molecular formula is C33H25N3O5S2. The molecule has 8 nitrogen and oxygen atoms in total. The predicted octanol–water partition coefficient (Wildman–Crippen LogP) is 5.21. The van der Waals surface area contributed by atoms with Gasteiger partial charge in [-0.05, 0) is 60.3 Å². The summed E-state index contributed by atoms with van der Waals surface area (Å²) in [6.07, 6.45) is 1.78. The van der Waals surface area contributed by atoms with Crippen LogP contribution in [0.3, 0.4) is 0 Å². The van der Waals surface area contributed by atoms with Crippen molar-refractivity contribution in [3.63, 3.8) is 0 Å². The van der Waals surface area contributed by atoms with Crippen LogP contribution in [0.1, 0.15) is 39.3 Å². The first-order valence-corrected chi connectivity index (χ1v) is 15.0. The zero-order chi connectivity index (χ0) is 29.9. The number of nitrogens with zero attached hydrogens (tertiary/aromatic N) is 2. The minimum Gasteiger partial charge on any atom is -0.488 e. The van der Waals surface area contributed by atoms with E-state index in [-0.39, 0.29) is 23.6 Å². The van der Waals surface area contributed by atoms with Crippen LogP contribution in [-0.4, -0.2) is 21.6 Å². The van der Waals surface area contributed by atoms with Gasteiger partial charge in [-0.1, -0.05) is 65.9 Å². The number of ether oxygens (including phenoxy) is 1. The number of carboxylic acids is 1. The van der Waals surface area contributed by atoms with E-state index in [0.29, 0.717) is 37.6 Å². The Kier molecular flexibility index (Phi) is 7.86. The molecule has 3 heterocycles. The fraction of sp³-hybridized carbons (Fsp3) is 0.0909. The van der Waals surface area contributed by atoms with Crippen molar-refractivity contribution < 1.29 is 19.4 Å². The van der Waals surface area contributed by atoms with Crippen molar-refractivity contribution in [2.75, 3.05) is 5.32 Å². The van der Waals surface area contributed by atoms with Gasteiger partial charge < -0.3 is 15.2 Å². The Bertz CT molecular complexity index is 2030. The number of hydrogen-bond acceptors (Lipinski definition) is 7. The molecule has 1 atom stereocenters. The monoisotopic (exact) mass is 607 g/mol. The highest BCUT2D eigenvalue weighted by molar-refractivity contribution is 7.10. The zero-order valence-corrected chi connectivity index (χ0v) is 24.5. The van der Waals surface area contributed by atoms with Gasteiger partial charge in [-0.3, -0.25) is 14.2 Å². The Morgan fingerprint density at radius 2 is 1.74 bits per heavy atom. The summed E-state index contributed by atoms with van der Waals surface area (Å²) in [6, 6.07) is 26.3. The number of amides is 1. The van der Waals surface area contributed by atoms with Crippen LogP contribution in [0.25, 0.3) is 6.08 Å². The first-order chi connectivity index (χ1) is 20.9. The molecule has 5 aromatic rings. The van der Waals surface area contributed by atoms with E-state index >= 15 is 0 Å². The lowest BCUT2D eigenvalue weighted by molar-refractivity contribution is -0.113. The number of para-hydroxylation sites is 2. The van der Waals surface area contributed by atoms with Gasteiger partial charge in [0.2, 0.25) is 0 Å². The van der Waals surface area contributed by atoms with E-state index in [2.05, 4.69) is 5.32 Å². The van der Waals surface area contributed by atoms with Crippen molar-refractivity contribution >= 4 is 46.3 Å². The molecule has 3 aromatic carbocycles. The number of thiophene rings is 1. The van der Waals surface area contributed by atoms with Crippen molar-refractivity contribution in [2.24, 2.45) is 4.99 Å². The van der Waals surface area contributed by atoms with Gasteiger partial charge in [0.25, 0.3) is 11.5 Å². The molecule has 0 unspecified atom stereocenters. The molecule has 6 rings (SSSR count). The van der Waals surface area contributed by atoms with E-state index in [1.54, 1.807) is 29.7 Å². The molecule has 43 heavy (non-hydrogen) atoms. The van der Waals surface area contributed by atoms with Crippen molar-refractivity contribution in [1.82, 2.24) is 4.57 Å². The molecule has 10 heteroatoms.